The summed E-state index contributed by atoms with van der Waals surface area (Å²) < 4.78 is 5.61. The standard InChI is InChI=1S/C19H24ClNO2/c1-3-15-7-9-19(10-8-15)23-13-18(22)12-21-14(2)16-5-4-6-17(20)11-16/h4-11,14,18,21-22H,3,12-13H2,1-2H3. The van der Waals surface area contributed by atoms with Gasteiger partial charge in [0.1, 0.15) is 18.5 Å². The smallest absolute Gasteiger partial charge is 0.119 e. The molecule has 124 valence electrons. The number of aliphatic hydroxyl groups excluding tert-OH is 1. The third-order valence-corrected chi connectivity index (χ3v) is 4.02. The SMILES string of the molecule is CCc1ccc(OCC(O)CNC(C)c2cccc(Cl)c2)cc1. The van der Waals surface area contributed by atoms with Gasteiger partial charge in [0.15, 0.2) is 0 Å². The number of aryl methyl sites for hydroxylation is 1. The quantitative estimate of drug-likeness (QED) is 0.767. The van der Waals surface area contributed by atoms with Crippen LogP contribution in [0.2, 0.25) is 5.02 Å². The monoisotopic (exact) mass is 333 g/mol. The Labute approximate surface area is 143 Å². The van der Waals surface area contributed by atoms with E-state index in [1.165, 1.54) is 5.56 Å². The Morgan fingerprint density at radius 2 is 1.91 bits per heavy atom. The Balaban J connectivity index is 1.74. The van der Waals surface area contributed by atoms with Gasteiger partial charge < -0.3 is 15.2 Å². The molecule has 2 aromatic rings. The third-order valence-electron chi connectivity index (χ3n) is 3.78. The van der Waals surface area contributed by atoms with E-state index >= 15 is 0 Å². The zero-order chi connectivity index (χ0) is 16.7. The summed E-state index contributed by atoms with van der Waals surface area (Å²) in [7, 11) is 0. The molecule has 2 aromatic carbocycles. The average Bonchev–Trinajstić information content (AvgIpc) is 2.58. The van der Waals surface area contributed by atoms with E-state index in [4.69, 9.17) is 16.3 Å². The molecule has 2 atom stereocenters. The lowest BCUT2D eigenvalue weighted by Gasteiger charge is -2.18. The Hall–Kier alpha value is -1.55. The van der Waals surface area contributed by atoms with E-state index in [9.17, 15) is 5.11 Å². The summed E-state index contributed by atoms with van der Waals surface area (Å²) in [4.78, 5) is 0. The molecule has 0 bridgehead atoms. The average molecular weight is 334 g/mol. The minimum Gasteiger partial charge on any atom is -0.491 e. The van der Waals surface area contributed by atoms with Crippen LogP contribution in [-0.2, 0) is 6.42 Å². The van der Waals surface area contributed by atoms with Crippen molar-refractivity contribution in [1.29, 1.82) is 0 Å². The number of halogens is 1. The van der Waals surface area contributed by atoms with Gasteiger partial charge >= 0.3 is 0 Å². The molecule has 0 aliphatic rings. The molecule has 0 radical (unpaired) electrons. The van der Waals surface area contributed by atoms with E-state index in [0.717, 1.165) is 22.8 Å². The van der Waals surface area contributed by atoms with Crippen molar-refractivity contribution >= 4 is 11.6 Å². The number of ether oxygens (including phenoxy) is 1. The molecule has 0 saturated carbocycles. The number of aliphatic hydroxyl groups is 1. The van der Waals surface area contributed by atoms with Crippen LogP contribution in [0.5, 0.6) is 5.75 Å². The van der Waals surface area contributed by atoms with Crippen LogP contribution in [0.4, 0.5) is 0 Å². The fourth-order valence-electron chi connectivity index (χ4n) is 2.28. The molecule has 0 amide bonds. The highest BCUT2D eigenvalue weighted by molar-refractivity contribution is 6.30. The van der Waals surface area contributed by atoms with E-state index in [-0.39, 0.29) is 12.6 Å². The van der Waals surface area contributed by atoms with Gasteiger partial charge in [0, 0.05) is 17.6 Å². The summed E-state index contributed by atoms with van der Waals surface area (Å²) in [6.45, 7) is 4.89. The highest BCUT2D eigenvalue weighted by Crippen LogP contribution is 2.17. The zero-order valence-corrected chi connectivity index (χ0v) is 14.4. The molecule has 2 unspecified atom stereocenters. The molecule has 4 heteroatoms. The zero-order valence-electron chi connectivity index (χ0n) is 13.6. The molecule has 23 heavy (non-hydrogen) atoms. The van der Waals surface area contributed by atoms with Crippen molar-refractivity contribution in [3.05, 3.63) is 64.7 Å². The molecule has 0 aromatic heterocycles. The summed E-state index contributed by atoms with van der Waals surface area (Å²) in [6, 6.07) is 15.8. The minimum atomic E-state index is -0.567. The van der Waals surface area contributed by atoms with Crippen molar-refractivity contribution in [2.75, 3.05) is 13.2 Å². The first kappa shape index (κ1) is 17.8. The van der Waals surface area contributed by atoms with E-state index in [1.54, 1.807) is 0 Å². The first-order chi connectivity index (χ1) is 11.1. The van der Waals surface area contributed by atoms with Crippen molar-refractivity contribution in [3.8, 4) is 5.75 Å². The lowest BCUT2D eigenvalue weighted by Crippen LogP contribution is -2.33. The van der Waals surface area contributed by atoms with Crippen molar-refractivity contribution in [3.63, 3.8) is 0 Å². The lowest BCUT2D eigenvalue weighted by atomic mass is 10.1. The first-order valence-electron chi connectivity index (χ1n) is 7.97. The van der Waals surface area contributed by atoms with Crippen LogP contribution in [0.25, 0.3) is 0 Å². The summed E-state index contributed by atoms with van der Waals surface area (Å²) in [5, 5.41) is 14.1. The normalized spacial score (nSPS) is 13.6. The predicted molar refractivity (Wildman–Crippen MR) is 95.2 cm³/mol. The van der Waals surface area contributed by atoms with E-state index in [2.05, 4.69) is 12.2 Å². The molecule has 0 fully saturated rings. The van der Waals surface area contributed by atoms with Gasteiger partial charge in [-0.3, -0.25) is 0 Å². The van der Waals surface area contributed by atoms with E-state index in [1.807, 2.05) is 55.5 Å². The molecule has 0 spiro atoms. The molecule has 0 aliphatic heterocycles. The highest BCUT2D eigenvalue weighted by Gasteiger charge is 2.10. The van der Waals surface area contributed by atoms with Crippen molar-refractivity contribution in [1.82, 2.24) is 5.32 Å². The minimum absolute atomic E-state index is 0.118. The second-order valence-corrected chi connectivity index (χ2v) is 6.08. The van der Waals surface area contributed by atoms with Gasteiger partial charge in [-0.2, -0.15) is 0 Å². The van der Waals surface area contributed by atoms with Crippen LogP contribution in [0, 0.1) is 0 Å². The Morgan fingerprint density at radius 3 is 2.57 bits per heavy atom. The highest BCUT2D eigenvalue weighted by atomic mass is 35.5. The number of benzene rings is 2. The van der Waals surface area contributed by atoms with E-state index < -0.39 is 6.10 Å². The fourth-order valence-corrected chi connectivity index (χ4v) is 2.48. The maximum Gasteiger partial charge on any atom is 0.119 e. The van der Waals surface area contributed by atoms with Crippen LogP contribution in [0.1, 0.15) is 31.0 Å². The van der Waals surface area contributed by atoms with Gasteiger partial charge in [0.25, 0.3) is 0 Å². The number of hydrogen-bond acceptors (Lipinski definition) is 3. The largest absolute Gasteiger partial charge is 0.491 e. The molecule has 2 rings (SSSR count). The van der Waals surface area contributed by atoms with Crippen LogP contribution >= 0.6 is 11.6 Å². The topological polar surface area (TPSA) is 41.5 Å². The van der Waals surface area contributed by atoms with Crippen molar-refractivity contribution < 1.29 is 9.84 Å². The fraction of sp³-hybridized carbons (Fsp3) is 0.368. The Bertz CT molecular complexity index is 601. The maximum absolute atomic E-state index is 10.0. The summed E-state index contributed by atoms with van der Waals surface area (Å²) in [6.07, 6.45) is 0.441. The number of rotatable bonds is 8. The second kappa shape index (κ2) is 8.92. The molecule has 0 saturated heterocycles. The second-order valence-electron chi connectivity index (χ2n) is 5.65. The molecule has 0 aliphatic carbocycles. The lowest BCUT2D eigenvalue weighted by molar-refractivity contribution is 0.104. The van der Waals surface area contributed by atoms with Crippen molar-refractivity contribution in [2.45, 2.75) is 32.4 Å². The molecule has 0 heterocycles. The Kier molecular flexibility index (Phi) is 6.90. The molecule has 2 N–H and O–H groups in total. The van der Waals surface area contributed by atoms with Gasteiger partial charge in [0.05, 0.1) is 0 Å². The van der Waals surface area contributed by atoms with Crippen LogP contribution in [0.15, 0.2) is 48.5 Å². The summed E-state index contributed by atoms with van der Waals surface area (Å²) in [5.41, 5.74) is 2.37. The predicted octanol–water partition coefficient (Wildman–Crippen LogP) is 3.99. The number of nitrogens with one attached hydrogen (secondary N) is 1. The van der Waals surface area contributed by atoms with Crippen LogP contribution in [0.3, 0.4) is 0 Å². The Morgan fingerprint density at radius 1 is 1.17 bits per heavy atom. The van der Waals surface area contributed by atoms with Crippen LogP contribution < -0.4 is 10.1 Å². The molecular formula is C19H24ClNO2. The van der Waals surface area contributed by atoms with Crippen molar-refractivity contribution in [2.24, 2.45) is 0 Å². The van der Waals surface area contributed by atoms with Gasteiger partial charge in [-0.15, -0.1) is 0 Å². The van der Waals surface area contributed by atoms with Gasteiger partial charge in [-0.05, 0) is 48.7 Å². The van der Waals surface area contributed by atoms with Gasteiger partial charge in [0.2, 0.25) is 0 Å². The van der Waals surface area contributed by atoms with E-state index in [0.29, 0.717) is 6.54 Å². The molecule has 3 nitrogen and oxygen atoms in total. The van der Waals surface area contributed by atoms with Gasteiger partial charge in [-0.25, -0.2) is 0 Å². The summed E-state index contributed by atoms with van der Waals surface area (Å²) >= 11 is 5.99. The summed E-state index contributed by atoms with van der Waals surface area (Å²) in [5.74, 6) is 0.782. The first-order valence-corrected chi connectivity index (χ1v) is 8.35. The molecular weight excluding hydrogens is 310 g/mol. The van der Waals surface area contributed by atoms with Crippen LogP contribution in [-0.4, -0.2) is 24.4 Å². The maximum atomic E-state index is 10.0. The number of hydrogen-bond donors (Lipinski definition) is 2. The third kappa shape index (κ3) is 5.87. The van der Waals surface area contributed by atoms with Gasteiger partial charge in [-0.1, -0.05) is 42.8 Å².